The predicted octanol–water partition coefficient (Wildman–Crippen LogP) is 2.29. The number of hydrogen-bond acceptors (Lipinski definition) is 3. The maximum absolute atomic E-state index is 10.8. The van der Waals surface area contributed by atoms with Gasteiger partial charge in [0.05, 0.1) is 17.0 Å². The van der Waals surface area contributed by atoms with Crippen LogP contribution in [-0.2, 0) is 6.54 Å². The van der Waals surface area contributed by atoms with E-state index >= 15 is 0 Å². The molecule has 7 heteroatoms. The smallest absolute Gasteiger partial charge is 0.274 e. The first kappa shape index (κ1) is 17.6. The second-order valence-corrected chi connectivity index (χ2v) is 3.61. The fourth-order valence-corrected chi connectivity index (χ4v) is 1.50. The van der Waals surface area contributed by atoms with Crippen molar-refractivity contribution in [2.45, 2.75) is 20.4 Å². The van der Waals surface area contributed by atoms with Gasteiger partial charge in [-0.3, -0.25) is 10.1 Å². The molecular weight excluding hydrogens is 359 g/mol. The third kappa shape index (κ3) is 5.86. The van der Waals surface area contributed by atoms with Gasteiger partial charge >= 0.3 is 0 Å². The Labute approximate surface area is 129 Å². The number of guanidine groups is 1. The van der Waals surface area contributed by atoms with E-state index < -0.39 is 0 Å². The minimum atomic E-state index is -0.384. The minimum Gasteiger partial charge on any atom is -0.357 e. The number of nitrogens with one attached hydrogen (secondary N) is 2. The lowest BCUT2D eigenvalue weighted by Gasteiger charge is -2.09. The van der Waals surface area contributed by atoms with Gasteiger partial charge in [0.25, 0.3) is 5.69 Å². The van der Waals surface area contributed by atoms with Crippen molar-refractivity contribution in [3.63, 3.8) is 0 Å². The highest BCUT2D eigenvalue weighted by atomic mass is 127. The van der Waals surface area contributed by atoms with Gasteiger partial charge in [0.2, 0.25) is 0 Å². The van der Waals surface area contributed by atoms with Crippen LogP contribution in [-0.4, -0.2) is 24.0 Å². The van der Waals surface area contributed by atoms with Crippen molar-refractivity contribution < 1.29 is 4.92 Å². The Morgan fingerprint density at radius 1 is 1.26 bits per heavy atom. The summed E-state index contributed by atoms with van der Waals surface area (Å²) in [7, 11) is 0. The fourth-order valence-electron chi connectivity index (χ4n) is 1.50. The molecule has 0 bridgehead atoms. The van der Waals surface area contributed by atoms with E-state index in [0.29, 0.717) is 11.5 Å². The third-order valence-corrected chi connectivity index (χ3v) is 2.28. The van der Waals surface area contributed by atoms with E-state index in [1.807, 2.05) is 13.8 Å². The largest absolute Gasteiger partial charge is 0.357 e. The predicted molar refractivity (Wildman–Crippen MR) is 87.0 cm³/mol. The highest BCUT2D eigenvalue weighted by Crippen LogP contribution is 2.18. The number of nitrogens with zero attached hydrogens (tertiary/aromatic N) is 2. The Hall–Kier alpha value is -1.38. The number of nitro groups is 1. The molecule has 0 unspecified atom stereocenters. The zero-order chi connectivity index (χ0) is 13.4. The van der Waals surface area contributed by atoms with Crippen LogP contribution in [0.25, 0.3) is 0 Å². The number of para-hydroxylation sites is 1. The highest BCUT2D eigenvalue weighted by Gasteiger charge is 2.11. The molecular formula is C12H19IN4O2. The molecule has 0 spiro atoms. The summed E-state index contributed by atoms with van der Waals surface area (Å²) in [4.78, 5) is 14.8. The Kier molecular flexibility index (Phi) is 8.84. The lowest BCUT2D eigenvalue weighted by molar-refractivity contribution is -0.385. The topological polar surface area (TPSA) is 79.6 Å². The molecule has 1 rings (SSSR count). The molecule has 1 aromatic carbocycles. The summed E-state index contributed by atoms with van der Waals surface area (Å²) in [6, 6.07) is 6.64. The zero-order valence-corrected chi connectivity index (χ0v) is 13.4. The average Bonchev–Trinajstić information content (AvgIpc) is 2.36. The van der Waals surface area contributed by atoms with Crippen LogP contribution in [0.3, 0.4) is 0 Å². The van der Waals surface area contributed by atoms with Gasteiger partial charge in [-0.2, -0.15) is 0 Å². The molecule has 19 heavy (non-hydrogen) atoms. The van der Waals surface area contributed by atoms with Crippen LogP contribution in [0.4, 0.5) is 5.69 Å². The van der Waals surface area contributed by atoms with Crippen LogP contribution in [0.5, 0.6) is 0 Å². The first-order valence-corrected chi connectivity index (χ1v) is 5.93. The molecule has 0 radical (unpaired) electrons. The van der Waals surface area contributed by atoms with E-state index in [4.69, 9.17) is 0 Å². The van der Waals surface area contributed by atoms with Crippen molar-refractivity contribution in [2.75, 3.05) is 13.1 Å². The molecule has 106 valence electrons. The van der Waals surface area contributed by atoms with E-state index in [1.165, 1.54) is 6.07 Å². The molecule has 6 nitrogen and oxygen atoms in total. The first-order chi connectivity index (χ1) is 8.69. The summed E-state index contributed by atoms with van der Waals surface area (Å²) in [6.45, 7) is 5.73. The lowest BCUT2D eigenvalue weighted by atomic mass is 10.2. The van der Waals surface area contributed by atoms with Crippen molar-refractivity contribution in [1.29, 1.82) is 0 Å². The average molecular weight is 378 g/mol. The van der Waals surface area contributed by atoms with E-state index in [1.54, 1.807) is 18.2 Å². The summed E-state index contributed by atoms with van der Waals surface area (Å²) >= 11 is 0. The molecule has 0 aliphatic rings. The molecule has 2 N–H and O–H groups in total. The van der Waals surface area contributed by atoms with Crippen molar-refractivity contribution in [3.05, 3.63) is 39.9 Å². The molecule has 0 aromatic heterocycles. The standard InChI is InChI=1S/C12H18N4O2.HI/c1-3-13-12(14-4-2)15-9-10-7-5-6-8-11(10)16(17)18;/h5-8H,3-4,9H2,1-2H3,(H2,13,14,15);1H. The quantitative estimate of drug-likeness (QED) is 0.271. The number of hydrogen-bond donors (Lipinski definition) is 2. The molecule has 0 saturated carbocycles. The first-order valence-electron chi connectivity index (χ1n) is 5.93. The molecule has 0 aliphatic heterocycles. The number of nitro benzene ring substituents is 1. The van der Waals surface area contributed by atoms with Gasteiger partial charge < -0.3 is 10.6 Å². The zero-order valence-electron chi connectivity index (χ0n) is 11.0. The Morgan fingerprint density at radius 3 is 2.37 bits per heavy atom. The summed E-state index contributed by atoms with van der Waals surface area (Å²) in [5.74, 6) is 0.665. The fraction of sp³-hybridized carbons (Fsp3) is 0.417. The van der Waals surface area contributed by atoms with Gasteiger partial charge in [-0.05, 0) is 13.8 Å². The summed E-state index contributed by atoms with van der Waals surface area (Å²) < 4.78 is 0. The van der Waals surface area contributed by atoms with Crippen LogP contribution in [0.1, 0.15) is 19.4 Å². The second kappa shape index (κ2) is 9.54. The van der Waals surface area contributed by atoms with Crippen LogP contribution >= 0.6 is 24.0 Å². The molecule has 1 aromatic rings. The van der Waals surface area contributed by atoms with Gasteiger partial charge in [-0.25, -0.2) is 4.99 Å². The summed E-state index contributed by atoms with van der Waals surface area (Å²) in [5.41, 5.74) is 0.712. The van der Waals surface area contributed by atoms with Gasteiger partial charge in [-0.1, -0.05) is 18.2 Å². The van der Waals surface area contributed by atoms with Crippen molar-refractivity contribution in [2.24, 2.45) is 4.99 Å². The van der Waals surface area contributed by atoms with E-state index in [9.17, 15) is 10.1 Å². The maximum atomic E-state index is 10.8. The lowest BCUT2D eigenvalue weighted by Crippen LogP contribution is -2.36. The van der Waals surface area contributed by atoms with Crippen LogP contribution in [0, 0.1) is 10.1 Å². The van der Waals surface area contributed by atoms with Gasteiger partial charge in [0.15, 0.2) is 5.96 Å². The maximum Gasteiger partial charge on any atom is 0.274 e. The summed E-state index contributed by atoms with van der Waals surface area (Å²) in [5, 5.41) is 17.0. The number of halogens is 1. The Morgan fingerprint density at radius 2 is 1.84 bits per heavy atom. The normalized spacial score (nSPS) is 9.16. The van der Waals surface area contributed by atoms with Crippen LogP contribution in [0.15, 0.2) is 29.3 Å². The van der Waals surface area contributed by atoms with E-state index in [2.05, 4.69) is 15.6 Å². The number of aliphatic imine (C=N–C) groups is 1. The Balaban J connectivity index is 0.00000324. The molecule has 0 atom stereocenters. The molecule has 0 fully saturated rings. The Bertz CT molecular complexity index is 429. The van der Waals surface area contributed by atoms with Gasteiger partial charge in [0.1, 0.15) is 0 Å². The molecule has 0 amide bonds. The van der Waals surface area contributed by atoms with Crippen molar-refractivity contribution in [1.82, 2.24) is 10.6 Å². The third-order valence-electron chi connectivity index (χ3n) is 2.28. The molecule has 0 heterocycles. The van der Waals surface area contributed by atoms with E-state index in [-0.39, 0.29) is 41.1 Å². The van der Waals surface area contributed by atoms with Crippen LogP contribution < -0.4 is 10.6 Å². The van der Waals surface area contributed by atoms with Crippen molar-refractivity contribution in [3.8, 4) is 0 Å². The van der Waals surface area contributed by atoms with Gasteiger partial charge in [0, 0.05) is 19.2 Å². The molecule has 0 saturated heterocycles. The number of rotatable bonds is 5. The highest BCUT2D eigenvalue weighted by molar-refractivity contribution is 14.0. The van der Waals surface area contributed by atoms with Crippen LogP contribution in [0.2, 0.25) is 0 Å². The molecule has 0 aliphatic carbocycles. The SMILES string of the molecule is CCNC(=NCc1ccccc1[N+](=O)[O-])NCC.I. The minimum absolute atomic E-state index is 0. The van der Waals surface area contributed by atoms with E-state index in [0.717, 1.165) is 13.1 Å². The van der Waals surface area contributed by atoms with Gasteiger partial charge in [-0.15, -0.1) is 24.0 Å². The number of benzene rings is 1. The monoisotopic (exact) mass is 378 g/mol. The second-order valence-electron chi connectivity index (χ2n) is 3.61. The summed E-state index contributed by atoms with van der Waals surface area (Å²) in [6.07, 6.45) is 0. The van der Waals surface area contributed by atoms with Crippen molar-refractivity contribution >= 4 is 35.6 Å².